The largest absolute Gasteiger partial charge is 0.454 e. The van der Waals surface area contributed by atoms with Gasteiger partial charge in [-0.15, -0.1) is 0 Å². The van der Waals surface area contributed by atoms with Crippen LogP contribution in [-0.2, 0) is 29.1 Å². The van der Waals surface area contributed by atoms with E-state index < -0.39 is 0 Å². The van der Waals surface area contributed by atoms with Gasteiger partial charge >= 0.3 is 0 Å². The van der Waals surface area contributed by atoms with Gasteiger partial charge in [-0.3, -0.25) is 4.99 Å². The summed E-state index contributed by atoms with van der Waals surface area (Å²) in [7, 11) is 0. The first-order valence-corrected chi connectivity index (χ1v) is 24.6. The van der Waals surface area contributed by atoms with E-state index in [0.717, 1.165) is 48.0 Å². The number of fused-ring (bicyclic) bond motifs is 4. The second-order valence-electron chi connectivity index (χ2n) is 19.6. The number of allylic oxidation sites excluding steroid dienone is 1. The average molecular weight is 921 g/mol. The molecule has 0 spiro atoms. The highest BCUT2D eigenvalue weighted by atomic mass is 16.7. The summed E-state index contributed by atoms with van der Waals surface area (Å²) in [6, 6.07) is 27.6. The van der Waals surface area contributed by atoms with Crippen LogP contribution in [0.3, 0.4) is 0 Å². The number of nitrogens with one attached hydrogen (secondary N) is 3. The summed E-state index contributed by atoms with van der Waals surface area (Å²) in [6.45, 7) is 50.7. The maximum atomic E-state index is 5.31. The van der Waals surface area contributed by atoms with E-state index >= 15 is 0 Å². The Balaban J connectivity index is 0. The molecule has 4 aliphatic rings. The molecule has 0 unspecified atom stereocenters. The van der Waals surface area contributed by atoms with Crippen LogP contribution >= 0.6 is 0 Å². The molecule has 3 aliphatic heterocycles. The minimum Gasteiger partial charge on any atom is -0.454 e. The van der Waals surface area contributed by atoms with Crippen LogP contribution in [0.15, 0.2) is 109 Å². The van der Waals surface area contributed by atoms with Crippen molar-refractivity contribution in [2.75, 3.05) is 22.7 Å². The highest BCUT2D eigenvalue weighted by Crippen LogP contribution is 2.40. The predicted molar refractivity (Wildman–Crippen MR) is 304 cm³/mol. The van der Waals surface area contributed by atoms with Gasteiger partial charge in [0.2, 0.25) is 6.79 Å². The molecule has 3 heterocycles. The van der Waals surface area contributed by atoms with E-state index in [9.17, 15) is 0 Å². The minimum atomic E-state index is 0. The van der Waals surface area contributed by atoms with Gasteiger partial charge in [-0.25, -0.2) is 0 Å². The predicted octanol–water partition coefficient (Wildman–Crippen LogP) is 18.8. The Morgan fingerprint density at radius 1 is 0.522 bits per heavy atom. The van der Waals surface area contributed by atoms with Crippen molar-refractivity contribution >= 4 is 22.8 Å². The first-order valence-electron chi connectivity index (χ1n) is 24.6. The van der Waals surface area contributed by atoms with Gasteiger partial charge in [0, 0.05) is 17.1 Å². The lowest BCUT2D eigenvalue weighted by Gasteiger charge is -2.28. The summed E-state index contributed by atoms with van der Waals surface area (Å²) >= 11 is 0. The molecule has 0 amide bonds. The number of rotatable bonds is 0. The molecular weight excluding hydrogens is 821 g/mol. The van der Waals surface area contributed by atoms with Crippen molar-refractivity contribution in [1.29, 1.82) is 0 Å². The molecule has 6 nitrogen and oxygen atoms in total. The lowest BCUT2D eigenvalue weighted by Crippen LogP contribution is -2.18. The molecule has 3 N–H and O–H groups in total. The fourth-order valence-electron chi connectivity index (χ4n) is 7.45. The number of aryl methyl sites for hydroxylation is 1. The number of hydrogen-bond donors (Lipinski definition) is 3. The van der Waals surface area contributed by atoms with Gasteiger partial charge < -0.3 is 25.4 Å². The third kappa shape index (κ3) is 20.0. The third-order valence-corrected chi connectivity index (χ3v) is 10.3. The Morgan fingerprint density at radius 2 is 1.07 bits per heavy atom. The Bertz CT molecular complexity index is 2100. The quantitative estimate of drug-likeness (QED) is 0.164. The normalized spacial score (nSPS) is 14.1. The van der Waals surface area contributed by atoms with Crippen LogP contribution in [0.2, 0.25) is 0 Å². The minimum absolute atomic E-state index is 0. The van der Waals surface area contributed by atoms with Crippen molar-refractivity contribution < 1.29 is 9.47 Å². The van der Waals surface area contributed by atoms with Crippen LogP contribution in [0.25, 0.3) is 0 Å². The maximum Gasteiger partial charge on any atom is 0.231 e. The van der Waals surface area contributed by atoms with Gasteiger partial charge in [-0.05, 0) is 127 Å². The third-order valence-electron chi connectivity index (χ3n) is 10.3. The fraction of sp³-hybridized carbons (Fsp3) is 0.525. The molecule has 0 saturated carbocycles. The summed E-state index contributed by atoms with van der Waals surface area (Å²) in [4.78, 5) is 4.83. The van der Waals surface area contributed by atoms with Crippen molar-refractivity contribution in [3.8, 4) is 11.5 Å². The lowest BCUT2D eigenvalue weighted by molar-refractivity contribution is 0.174. The van der Waals surface area contributed by atoms with Crippen LogP contribution in [-0.4, -0.2) is 18.0 Å². The smallest absolute Gasteiger partial charge is 0.231 e. The number of aliphatic imine (C=N–C) groups is 1. The number of anilines is 3. The van der Waals surface area contributed by atoms with E-state index in [1.54, 1.807) is 0 Å². The van der Waals surface area contributed by atoms with Crippen molar-refractivity contribution in [2.24, 2.45) is 4.99 Å². The summed E-state index contributed by atoms with van der Waals surface area (Å²) < 4.78 is 10.6. The van der Waals surface area contributed by atoms with E-state index in [1.165, 1.54) is 63.3 Å². The molecule has 0 atom stereocenters. The summed E-state index contributed by atoms with van der Waals surface area (Å²) in [6.07, 6.45) is 5.76. The van der Waals surface area contributed by atoms with Crippen molar-refractivity contribution in [3.63, 3.8) is 0 Å². The zero-order chi connectivity index (χ0) is 49.8. The van der Waals surface area contributed by atoms with Crippen molar-refractivity contribution in [1.82, 2.24) is 0 Å². The van der Waals surface area contributed by atoms with Gasteiger partial charge in [0.25, 0.3) is 0 Å². The summed E-state index contributed by atoms with van der Waals surface area (Å²) in [5, 5.41) is 9.85. The summed E-state index contributed by atoms with van der Waals surface area (Å²) in [5.41, 5.74) is 14.9. The van der Waals surface area contributed by atoms with Crippen LogP contribution in [0.1, 0.15) is 206 Å². The van der Waals surface area contributed by atoms with E-state index in [4.69, 9.17) is 14.5 Å². The molecule has 0 fully saturated rings. The number of hydrogen-bond acceptors (Lipinski definition) is 6. The van der Waals surface area contributed by atoms with E-state index in [1.807, 2.05) is 61.5 Å². The fourth-order valence-corrected chi connectivity index (χ4v) is 7.45. The van der Waals surface area contributed by atoms with Crippen LogP contribution < -0.4 is 25.4 Å². The molecule has 6 heteroatoms. The molecule has 4 aromatic carbocycles. The van der Waals surface area contributed by atoms with E-state index in [0.29, 0.717) is 6.79 Å². The molecular formula is C61H100N4O2. The second-order valence-corrected chi connectivity index (χ2v) is 19.6. The number of ether oxygens (including phenoxy) is 2. The molecule has 0 saturated heterocycles. The number of para-hydroxylation sites is 1. The van der Waals surface area contributed by atoms with Gasteiger partial charge in [0.1, 0.15) is 5.82 Å². The molecule has 376 valence electrons. The van der Waals surface area contributed by atoms with Crippen LogP contribution in [0.4, 0.5) is 17.1 Å². The van der Waals surface area contributed by atoms with E-state index in [2.05, 4.69) is 185 Å². The zero-order valence-electron chi connectivity index (χ0n) is 44.9. The molecule has 4 aromatic rings. The van der Waals surface area contributed by atoms with Crippen LogP contribution in [0, 0.1) is 0 Å². The molecule has 67 heavy (non-hydrogen) atoms. The number of nitrogens with zero attached hydrogens (tertiary/aromatic N) is 1. The van der Waals surface area contributed by atoms with Gasteiger partial charge in [0.15, 0.2) is 11.5 Å². The molecule has 0 bridgehead atoms. The van der Waals surface area contributed by atoms with Gasteiger partial charge in [-0.2, -0.15) is 0 Å². The average Bonchev–Trinajstić information content (AvgIpc) is 3.91. The monoisotopic (exact) mass is 921 g/mol. The summed E-state index contributed by atoms with van der Waals surface area (Å²) in [5.74, 6) is 2.58. The standard InChI is InChI=1S/2C14H19N.C12H16N2.C11H14O2.4C2H6.2CH4/c1-10-8-9-11-12(14(2,3)4)6-5-7-13(11)15-10;1-14(2,3)15-13-10-6-8-11-7-4-5-9-12(11)13;1-8-13-10-7-5-6-9(11(10)14-8)12(2,3)4;1-11(2,3)8-4-5-9-10(6-8)13-7-12-9;4*1-2;;/h5-7,15H,1,8-9H2,2-4H3;4-5,7,9H,6,8,10H2,1-3H3;5-7,13-14H,1H2,2-4H3;4-6H,7H2,1-3H3;4*1-2H3;2*1H4. The van der Waals surface area contributed by atoms with E-state index in [-0.39, 0.29) is 36.6 Å². The Kier molecular flexibility index (Phi) is 28.4. The lowest BCUT2D eigenvalue weighted by atomic mass is 9.81. The Hall–Kier alpha value is -4.97. The maximum absolute atomic E-state index is 5.31. The van der Waals surface area contributed by atoms with Gasteiger partial charge in [-0.1, -0.05) is 200 Å². The molecule has 8 rings (SSSR count). The molecule has 1 aliphatic carbocycles. The highest BCUT2D eigenvalue weighted by molar-refractivity contribution is 6.02. The number of benzene rings is 4. The van der Waals surface area contributed by atoms with Crippen molar-refractivity contribution in [2.45, 2.75) is 207 Å². The molecule has 0 aromatic heterocycles. The first-order chi connectivity index (χ1) is 30.6. The first kappa shape index (κ1) is 64.1. The Labute approximate surface area is 414 Å². The Morgan fingerprint density at radius 3 is 1.64 bits per heavy atom. The molecule has 0 radical (unpaired) electrons. The highest BCUT2D eigenvalue weighted by Gasteiger charge is 2.25. The van der Waals surface area contributed by atoms with Gasteiger partial charge in [0.05, 0.1) is 16.9 Å². The van der Waals surface area contributed by atoms with Crippen LogP contribution in [0.5, 0.6) is 11.5 Å². The second kappa shape index (κ2) is 29.7. The zero-order valence-corrected chi connectivity index (χ0v) is 44.9. The SMILES string of the molecule is C.C.C=C1CCc2c(cccc2C(C)(C)C)N1.C=C1Nc2cccc(C(C)(C)C)c2N1.CC.CC.CC.CC.CC(C)(C)N=C1CCCc2ccccc21.CC(C)(C)c1ccc2c(c1)OCO2. The topological polar surface area (TPSA) is 66.9 Å². The van der Waals surface area contributed by atoms with Crippen molar-refractivity contribution in [3.05, 3.63) is 137 Å².